The molecule has 0 saturated heterocycles. The number of para-hydroxylation sites is 1. The van der Waals surface area contributed by atoms with E-state index in [9.17, 15) is 18.0 Å². The van der Waals surface area contributed by atoms with Gasteiger partial charge in [0.1, 0.15) is 12.3 Å². The van der Waals surface area contributed by atoms with Crippen LogP contribution in [-0.4, -0.2) is 30.2 Å². The third-order valence-corrected chi connectivity index (χ3v) is 4.29. The van der Waals surface area contributed by atoms with E-state index in [2.05, 4.69) is 10.3 Å². The van der Waals surface area contributed by atoms with E-state index in [0.717, 1.165) is 15.2 Å². The number of aromatic nitrogens is 1. The molecule has 0 fully saturated rings. The molecule has 132 valence electrons. The van der Waals surface area contributed by atoms with Crippen molar-refractivity contribution < 1.29 is 22.4 Å². The Labute approximate surface area is 144 Å². The molecule has 5 nitrogen and oxygen atoms in total. The van der Waals surface area contributed by atoms with Crippen LogP contribution < -0.4 is 10.6 Å². The molecule has 0 radical (unpaired) electrons. The second kappa shape index (κ2) is 7.24. The van der Waals surface area contributed by atoms with Gasteiger partial charge in [-0.15, -0.1) is 11.3 Å². The molecule has 2 aromatic heterocycles. The second-order valence-corrected chi connectivity index (χ2v) is 6.28. The van der Waals surface area contributed by atoms with Crippen molar-refractivity contribution >= 4 is 27.5 Å². The summed E-state index contributed by atoms with van der Waals surface area (Å²) in [5, 5.41) is 5.27. The molecule has 0 aliphatic carbocycles. The molecule has 0 aliphatic rings. The minimum absolute atomic E-state index is 0.227. The molecule has 2 N–H and O–H groups in total. The standard InChI is InChI=1S/C16H14F3N3O2S/c17-16(18,19)9-21-14(23)8-20-7-10-5-6-12(24-10)15-22-11-3-1-2-4-13(11)25-15/h1-6,20H,7-9H2,(H,21,23). The lowest BCUT2D eigenvalue weighted by Crippen LogP contribution is -2.39. The van der Waals surface area contributed by atoms with Crippen molar-refractivity contribution in [3.63, 3.8) is 0 Å². The molecule has 0 unspecified atom stereocenters. The van der Waals surface area contributed by atoms with Gasteiger partial charge in [0.05, 0.1) is 23.3 Å². The van der Waals surface area contributed by atoms with Crippen LogP contribution in [0.25, 0.3) is 21.0 Å². The number of hydrogen-bond acceptors (Lipinski definition) is 5. The maximum atomic E-state index is 12.0. The maximum absolute atomic E-state index is 12.0. The van der Waals surface area contributed by atoms with Gasteiger partial charge in [-0.3, -0.25) is 4.79 Å². The summed E-state index contributed by atoms with van der Waals surface area (Å²) in [4.78, 5) is 15.8. The molecule has 1 aromatic carbocycles. The summed E-state index contributed by atoms with van der Waals surface area (Å²) in [6, 6.07) is 11.3. The van der Waals surface area contributed by atoms with Gasteiger partial charge in [-0.2, -0.15) is 13.2 Å². The van der Waals surface area contributed by atoms with Crippen LogP contribution in [-0.2, 0) is 11.3 Å². The minimum atomic E-state index is -4.41. The number of nitrogens with zero attached hydrogens (tertiary/aromatic N) is 1. The Morgan fingerprint density at radius 3 is 2.76 bits per heavy atom. The SMILES string of the molecule is O=C(CNCc1ccc(-c2nc3ccccc3s2)o1)NCC(F)(F)F. The fourth-order valence-electron chi connectivity index (χ4n) is 2.13. The lowest BCUT2D eigenvalue weighted by atomic mass is 10.3. The highest BCUT2D eigenvalue weighted by atomic mass is 32.1. The highest BCUT2D eigenvalue weighted by Gasteiger charge is 2.27. The molecule has 3 rings (SSSR count). The highest BCUT2D eigenvalue weighted by Crippen LogP contribution is 2.31. The van der Waals surface area contributed by atoms with Crippen molar-refractivity contribution in [1.29, 1.82) is 0 Å². The first-order chi connectivity index (χ1) is 11.9. The molecule has 9 heteroatoms. The smallest absolute Gasteiger partial charge is 0.405 e. The molecule has 0 saturated carbocycles. The fourth-order valence-corrected chi connectivity index (χ4v) is 3.05. The number of alkyl halides is 3. The second-order valence-electron chi connectivity index (χ2n) is 5.25. The first kappa shape index (κ1) is 17.4. The van der Waals surface area contributed by atoms with E-state index in [0.29, 0.717) is 11.5 Å². The molecule has 0 bridgehead atoms. The number of rotatable bonds is 6. The number of furan rings is 1. The van der Waals surface area contributed by atoms with Gasteiger partial charge in [0.2, 0.25) is 5.91 Å². The van der Waals surface area contributed by atoms with Crippen molar-refractivity contribution in [3.8, 4) is 10.8 Å². The molecule has 0 spiro atoms. The molecule has 1 amide bonds. The van der Waals surface area contributed by atoms with Crippen LogP contribution in [0.15, 0.2) is 40.8 Å². The van der Waals surface area contributed by atoms with E-state index < -0.39 is 18.6 Å². The van der Waals surface area contributed by atoms with Gasteiger partial charge < -0.3 is 15.1 Å². The number of hydrogen-bond donors (Lipinski definition) is 2. The molecule has 25 heavy (non-hydrogen) atoms. The monoisotopic (exact) mass is 369 g/mol. The van der Waals surface area contributed by atoms with Crippen molar-refractivity contribution in [2.45, 2.75) is 12.7 Å². The topological polar surface area (TPSA) is 67.2 Å². The Morgan fingerprint density at radius 1 is 1.20 bits per heavy atom. The molecule has 3 aromatic rings. The van der Waals surface area contributed by atoms with Gasteiger partial charge in [-0.25, -0.2) is 4.98 Å². The van der Waals surface area contributed by atoms with E-state index in [4.69, 9.17) is 4.42 Å². The summed E-state index contributed by atoms with van der Waals surface area (Å²) < 4.78 is 42.7. The first-order valence-electron chi connectivity index (χ1n) is 7.39. The largest absolute Gasteiger partial charge is 0.457 e. The zero-order chi connectivity index (χ0) is 17.9. The number of fused-ring (bicyclic) bond motifs is 1. The molecule has 0 aliphatic heterocycles. The number of carbonyl (C=O) groups is 1. The summed E-state index contributed by atoms with van der Waals surface area (Å²) in [6.45, 7) is -1.34. The van der Waals surface area contributed by atoms with E-state index >= 15 is 0 Å². The van der Waals surface area contributed by atoms with Crippen molar-refractivity contribution in [2.75, 3.05) is 13.1 Å². The Bertz CT molecular complexity index is 840. The Kier molecular flexibility index (Phi) is 5.05. The van der Waals surface area contributed by atoms with Crippen molar-refractivity contribution in [3.05, 3.63) is 42.2 Å². The summed E-state index contributed by atoms with van der Waals surface area (Å²) in [7, 11) is 0. The van der Waals surface area contributed by atoms with Gasteiger partial charge in [-0.1, -0.05) is 12.1 Å². The number of benzene rings is 1. The predicted molar refractivity (Wildman–Crippen MR) is 88.1 cm³/mol. The lowest BCUT2D eigenvalue weighted by molar-refractivity contribution is -0.137. The van der Waals surface area contributed by atoms with Crippen LogP contribution in [0.3, 0.4) is 0 Å². The summed E-state index contributed by atoms with van der Waals surface area (Å²) in [5.41, 5.74) is 0.889. The number of halogens is 3. The van der Waals surface area contributed by atoms with Crippen LogP contribution in [0.4, 0.5) is 13.2 Å². The van der Waals surface area contributed by atoms with E-state index in [-0.39, 0.29) is 13.1 Å². The van der Waals surface area contributed by atoms with Gasteiger partial charge in [-0.05, 0) is 24.3 Å². The zero-order valence-corrected chi connectivity index (χ0v) is 13.7. The first-order valence-corrected chi connectivity index (χ1v) is 8.21. The predicted octanol–water partition coefficient (Wildman–Crippen LogP) is 3.32. The van der Waals surface area contributed by atoms with Gasteiger partial charge in [0.15, 0.2) is 10.8 Å². The van der Waals surface area contributed by atoms with E-state index in [1.807, 2.05) is 24.3 Å². The van der Waals surface area contributed by atoms with Gasteiger partial charge >= 0.3 is 6.18 Å². The number of carbonyl (C=O) groups excluding carboxylic acids is 1. The normalized spacial score (nSPS) is 11.8. The van der Waals surface area contributed by atoms with Crippen LogP contribution in [0.1, 0.15) is 5.76 Å². The summed E-state index contributed by atoms with van der Waals surface area (Å²) in [6.07, 6.45) is -4.41. The van der Waals surface area contributed by atoms with Gasteiger partial charge in [0, 0.05) is 0 Å². The van der Waals surface area contributed by atoms with Crippen molar-refractivity contribution in [1.82, 2.24) is 15.6 Å². The van der Waals surface area contributed by atoms with Gasteiger partial charge in [0.25, 0.3) is 0 Å². The molecule has 2 heterocycles. The number of thiazole rings is 1. The molecular formula is C16H14F3N3O2S. The summed E-state index contributed by atoms with van der Waals surface area (Å²) >= 11 is 1.51. The third kappa shape index (κ3) is 4.80. The van der Waals surface area contributed by atoms with E-state index in [1.165, 1.54) is 11.3 Å². The Morgan fingerprint density at radius 2 is 2.00 bits per heavy atom. The summed E-state index contributed by atoms with van der Waals surface area (Å²) in [5.74, 6) is 0.452. The lowest BCUT2D eigenvalue weighted by Gasteiger charge is -2.08. The van der Waals surface area contributed by atoms with Crippen LogP contribution in [0.5, 0.6) is 0 Å². The van der Waals surface area contributed by atoms with Crippen LogP contribution >= 0.6 is 11.3 Å². The third-order valence-electron chi connectivity index (χ3n) is 3.24. The number of nitrogens with one attached hydrogen (secondary N) is 2. The quantitative estimate of drug-likeness (QED) is 0.700. The highest BCUT2D eigenvalue weighted by molar-refractivity contribution is 7.21. The average Bonchev–Trinajstić information content (AvgIpc) is 3.18. The van der Waals surface area contributed by atoms with Crippen molar-refractivity contribution in [2.24, 2.45) is 0 Å². The minimum Gasteiger partial charge on any atom is -0.457 e. The molecule has 0 atom stereocenters. The Balaban J connectivity index is 1.53. The average molecular weight is 369 g/mol. The zero-order valence-electron chi connectivity index (χ0n) is 12.9. The van der Waals surface area contributed by atoms with Crippen LogP contribution in [0.2, 0.25) is 0 Å². The van der Waals surface area contributed by atoms with E-state index in [1.54, 1.807) is 17.4 Å². The molecular weight excluding hydrogens is 355 g/mol. The van der Waals surface area contributed by atoms with Crippen LogP contribution in [0, 0.1) is 0 Å². The number of amides is 1. The maximum Gasteiger partial charge on any atom is 0.405 e. The Hall–Kier alpha value is -2.39. The fraction of sp³-hybridized carbons (Fsp3) is 0.250.